The number of methoxy groups -OCH3 is 1. The average molecular weight is 348 g/mol. The summed E-state index contributed by atoms with van der Waals surface area (Å²) in [7, 11) is 1.74. The zero-order valence-corrected chi connectivity index (χ0v) is 16.4. The molecule has 0 spiro atoms. The number of likely N-dealkylation sites (tertiary alicyclic amines) is 1. The Hall–Kier alpha value is -1.22. The van der Waals surface area contributed by atoms with Crippen LogP contribution in [0.4, 0.5) is 0 Å². The largest absolute Gasteiger partial charge is 0.493 e. The molecule has 0 radical (unpaired) electrons. The highest BCUT2D eigenvalue weighted by Gasteiger charge is 2.11. The summed E-state index contributed by atoms with van der Waals surface area (Å²) in [4.78, 5) is 2.57. The molecule has 1 aromatic rings. The van der Waals surface area contributed by atoms with Crippen LogP contribution in [-0.2, 0) is 6.54 Å². The topological polar surface area (TPSA) is 21.7 Å². The van der Waals surface area contributed by atoms with E-state index in [1.54, 1.807) is 7.11 Å². The van der Waals surface area contributed by atoms with Crippen LogP contribution >= 0.6 is 0 Å². The van der Waals surface area contributed by atoms with Crippen molar-refractivity contribution in [3.05, 3.63) is 23.8 Å². The van der Waals surface area contributed by atoms with Gasteiger partial charge in [-0.15, -0.1) is 0 Å². The van der Waals surface area contributed by atoms with E-state index in [4.69, 9.17) is 9.47 Å². The lowest BCUT2D eigenvalue weighted by Gasteiger charge is -2.20. The van der Waals surface area contributed by atoms with E-state index >= 15 is 0 Å². The third-order valence-electron chi connectivity index (χ3n) is 5.09. The molecule has 0 atom stereocenters. The summed E-state index contributed by atoms with van der Waals surface area (Å²) in [6, 6.07) is 6.44. The SMILES string of the molecule is CCCCCCCCOc1ccc(CN2CCCCCC2)cc1OC. The zero-order chi connectivity index (χ0) is 17.7. The Morgan fingerprint density at radius 1 is 0.880 bits per heavy atom. The molecule has 3 nitrogen and oxygen atoms in total. The number of hydrogen-bond acceptors (Lipinski definition) is 3. The summed E-state index contributed by atoms with van der Waals surface area (Å²) in [5.41, 5.74) is 1.32. The van der Waals surface area contributed by atoms with Gasteiger partial charge in [0, 0.05) is 6.54 Å². The monoisotopic (exact) mass is 347 g/mol. The van der Waals surface area contributed by atoms with Gasteiger partial charge in [-0.25, -0.2) is 0 Å². The van der Waals surface area contributed by atoms with Gasteiger partial charge in [0.15, 0.2) is 11.5 Å². The maximum atomic E-state index is 5.96. The van der Waals surface area contributed by atoms with Crippen LogP contribution in [0.1, 0.15) is 76.7 Å². The lowest BCUT2D eigenvalue weighted by molar-refractivity contribution is 0.273. The average Bonchev–Trinajstić information content (AvgIpc) is 2.90. The number of nitrogens with zero attached hydrogens (tertiary/aromatic N) is 1. The summed E-state index contributed by atoms with van der Waals surface area (Å²) in [5, 5.41) is 0. The van der Waals surface area contributed by atoms with Gasteiger partial charge in [-0.1, -0.05) is 57.9 Å². The molecular weight excluding hydrogens is 310 g/mol. The second kappa shape index (κ2) is 12.2. The van der Waals surface area contributed by atoms with Crippen molar-refractivity contribution in [2.75, 3.05) is 26.8 Å². The molecule has 0 amide bonds. The smallest absolute Gasteiger partial charge is 0.161 e. The number of hydrogen-bond donors (Lipinski definition) is 0. The number of benzene rings is 1. The Balaban J connectivity index is 1.77. The lowest BCUT2D eigenvalue weighted by Crippen LogP contribution is -2.23. The van der Waals surface area contributed by atoms with Crippen molar-refractivity contribution < 1.29 is 9.47 Å². The first-order chi connectivity index (χ1) is 12.3. The standard InChI is InChI=1S/C22H37NO2/c1-3-4-5-6-9-12-17-25-21-14-13-20(18-22(21)24-2)19-23-15-10-7-8-11-16-23/h13-14,18H,3-12,15-17,19H2,1-2H3. The fraction of sp³-hybridized carbons (Fsp3) is 0.727. The van der Waals surface area contributed by atoms with E-state index in [0.717, 1.165) is 31.1 Å². The molecule has 1 aromatic carbocycles. The maximum Gasteiger partial charge on any atom is 0.161 e. The van der Waals surface area contributed by atoms with Crippen molar-refractivity contribution in [2.24, 2.45) is 0 Å². The molecule has 0 aromatic heterocycles. The van der Waals surface area contributed by atoms with Gasteiger partial charge in [0.05, 0.1) is 13.7 Å². The number of unbranched alkanes of at least 4 members (excludes halogenated alkanes) is 5. The predicted molar refractivity (Wildman–Crippen MR) is 106 cm³/mol. The summed E-state index contributed by atoms with van der Waals surface area (Å²) >= 11 is 0. The van der Waals surface area contributed by atoms with Crippen LogP contribution in [0.25, 0.3) is 0 Å². The number of ether oxygens (including phenoxy) is 2. The fourth-order valence-electron chi connectivity index (χ4n) is 3.55. The molecule has 0 unspecified atom stereocenters. The third-order valence-corrected chi connectivity index (χ3v) is 5.09. The van der Waals surface area contributed by atoms with Crippen LogP contribution in [0.5, 0.6) is 11.5 Å². The minimum Gasteiger partial charge on any atom is -0.493 e. The van der Waals surface area contributed by atoms with Crippen LogP contribution in [-0.4, -0.2) is 31.7 Å². The molecule has 1 saturated heterocycles. The molecule has 1 aliphatic rings. The van der Waals surface area contributed by atoms with Gasteiger partial charge in [0.2, 0.25) is 0 Å². The first-order valence-electron chi connectivity index (χ1n) is 10.4. The zero-order valence-electron chi connectivity index (χ0n) is 16.4. The first-order valence-corrected chi connectivity index (χ1v) is 10.4. The highest BCUT2D eigenvalue weighted by atomic mass is 16.5. The molecule has 2 rings (SSSR count). The highest BCUT2D eigenvalue weighted by Crippen LogP contribution is 2.29. The molecule has 0 N–H and O–H groups in total. The molecule has 1 fully saturated rings. The van der Waals surface area contributed by atoms with Crippen LogP contribution in [0, 0.1) is 0 Å². The molecule has 0 bridgehead atoms. The molecule has 25 heavy (non-hydrogen) atoms. The minimum absolute atomic E-state index is 0.786. The van der Waals surface area contributed by atoms with E-state index in [1.165, 1.54) is 76.4 Å². The summed E-state index contributed by atoms with van der Waals surface area (Å²) < 4.78 is 11.5. The Bertz CT molecular complexity index is 467. The van der Waals surface area contributed by atoms with Crippen LogP contribution in [0.3, 0.4) is 0 Å². The van der Waals surface area contributed by atoms with Crippen molar-refractivity contribution in [3.63, 3.8) is 0 Å². The Morgan fingerprint density at radius 3 is 2.32 bits per heavy atom. The van der Waals surface area contributed by atoms with Gasteiger partial charge in [-0.2, -0.15) is 0 Å². The Labute approximate surface area is 154 Å². The summed E-state index contributed by atoms with van der Waals surface area (Å²) in [6.07, 6.45) is 13.1. The van der Waals surface area contributed by atoms with Gasteiger partial charge in [-0.3, -0.25) is 4.90 Å². The minimum atomic E-state index is 0.786. The van der Waals surface area contributed by atoms with E-state index in [9.17, 15) is 0 Å². The fourth-order valence-corrected chi connectivity index (χ4v) is 3.55. The van der Waals surface area contributed by atoms with Crippen molar-refractivity contribution in [1.82, 2.24) is 4.90 Å². The first kappa shape index (κ1) is 20.1. The maximum absolute atomic E-state index is 5.96. The molecule has 3 heteroatoms. The third kappa shape index (κ3) is 7.68. The second-order valence-electron chi connectivity index (χ2n) is 7.29. The predicted octanol–water partition coefficient (Wildman–Crippen LogP) is 5.81. The molecule has 1 heterocycles. The highest BCUT2D eigenvalue weighted by molar-refractivity contribution is 5.43. The molecule has 0 aliphatic carbocycles. The molecule has 0 saturated carbocycles. The van der Waals surface area contributed by atoms with Crippen molar-refractivity contribution in [1.29, 1.82) is 0 Å². The normalized spacial score (nSPS) is 15.8. The van der Waals surface area contributed by atoms with E-state index in [2.05, 4.69) is 30.0 Å². The van der Waals surface area contributed by atoms with Crippen LogP contribution < -0.4 is 9.47 Å². The van der Waals surface area contributed by atoms with Crippen molar-refractivity contribution in [2.45, 2.75) is 77.7 Å². The summed E-state index contributed by atoms with van der Waals surface area (Å²) in [5.74, 6) is 1.76. The van der Waals surface area contributed by atoms with Crippen molar-refractivity contribution >= 4 is 0 Å². The van der Waals surface area contributed by atoms with Gasteiger partial charge in [-0.05, 0) is 50.0 Å². The van der Waals surface area contributed by atoms with Crippen molar-refractivity contribution in [3.8, 4) is 11.5 Å². The Kier molecular flexibility index (Phi) is 9.79. The van der Waals surface area contributed by atoms with Gasteiger partial charge < -0.3 is 9.47 Å². The molecule has 142 valence electrons. The second-order valence-corrected chi connectivity index (χ2v) is 7.29. The van der Waals surface area contributed by atoms with E-state index in [0.29, 0.717) is 0 Å². The van der Waals surface area contributed by atoms with Gasteiger partial charge in [0.1, 0.15) is 0 Å². The van der Waals surface area contributed by atoms with Gasteiger partial charge in [0.25, 0.3) is 0 Å². The number of rotatable bonds is 11. The van der Waals surface area contributed by atoms with Crippen LogP contribution in [0.15, 0.2) is 18.2 Å². The molecular formula is C22H37NO2. The molecule has 1 aliphatic heterocycles. The lowest BCUT2D eigenvalue weighted by atomic mass is 10.1. The van der Waals surface area contributed by atoms with E-state index in [-0.39, 0.29) is 0 Å². The van der Waals surface area contributed by atoms with Crippen LogP contribution in [0.2, 0.25) is 0 Å². The Morgan fingerprint density at radius 2 is 1.60 bits per heavy atom. The van der Waals surface area contributed by atoms with E-state index < -0.39 is 0 Å². The summed E-state index contributed by atoms with van der Waals surface area (Å²) in [6.45, 7) is 6.51. The quantitative estimate of drug-likeness (QED) is 0.471. The van der Waals surface area contributed by atoms with E-state index in [1.807, 2.05) is 0 Å². The van der Waals surface area contributed by atoms with Gasteiger partial charge >= 0.3 is 0 Å².